The molecule has 1 aromatic rings. The highest BCUT2D eigenvalue weighted by molar-refractivity contribution is 7.98. The number of ether oxygens (including phenoxy) is 1. The molecular formula is C11H18N2OS. The van der Waals surface area contributed by atoms with Crippen molar-refractivity contribution in [1.82, 2.24) is 4.98 Å². The predicted octanol–water partition coefficient (Wildman–Crippen LogP) is 2.06. The van der Waals surface area contributed by atoms with Crippen molar-refractivity contribution in [2.45, 2.75) is 25.1 Å². The van der Waals surface area contributed by atoms with E-state index in [0.717, 1.165) is 23.6 Å². The summed E-state index contributed by atoms with van der Waals surface area (Å²) in [4.78, 5) is 4.33. The molecule has 3 nitrogen and oxygen atoms in total. The Morgan fingerprint density at radius 2 is 2.33 bits per heavy atom. The molecular weight excluding hydrogens is 208 g/mol. The van der Waals surface area contributed by atoms with Crippen molar-refractivity contribution < 1.29 is 4.74 Å². The third-order valence-electron chi connectivity index (χ3n) is 2.10. The van der Waals surface area contributed by atoms with Gasteiger partial charge in [-0.05, 0) is 12.5 Å². The van der Waals surface area contributed by atoms with Gasteiger partial charge in [0.25, 0.3) is 0 Å². The Hall–Kier alpha value is -0.740. The summed E-state index contributed by atoms with van der Waals surface area (Å²) in [5.74, 6) is 2.55. The van der Waals surface area contributed by atoms with Crippen molar-refractivity contribution >= 4 is 11.8 Å². The molecule has 0 fully saturated rings. The van der Waals surface area contributed by atoms with E-state index >= 15 is 0 Å². The number of hydrogen-bond donors (Lipinski definition) is 1. The molecule has 1 unspecified atom stereocenters. The Kier molecular flexibility index (Phi) is 5.50. The molecule has 0 aliphatic rings. The minimum Gasteiger partial charge on any atom is -0.481 e. The fourth-order valence-corrected chi connectivity index (χ4v) is 2.11. The Balaban J connectivity index is 2.37. The predicted molar refractivity (Wildman–Crippen MR) is 65.2 cm³/mol. The van der Waals surface area contributed by atoms with E-state index in [1.807, 2.05) is 30.0 Å². The van der Waals surface area contributed by atoms with Crippen molar-refractivity contribution in [2.75, 3.05) is 12.9 Å². The van der Waals surface area contributed by atoms with Crippen molar-refractivity contribution in [2.24, 2.45) is 5.73 Å². The molecule has 0 saturated heterocycles. The molecule has 84 valence electrons. The number of hydrogen-bond acceptors (Lipinski definition) is 4. The molecule has 0 aliphatic carbocycles. The second-order valence-electron chi connectivity index (χ2n) is 3.35. The molecule has 0 bridgehead atoms. The van der Waals surface area contributed by atoms with Gasteiger partial charge in [-0.2, -0.15) is 11.8 Å². The molecule has 1 aromatic heterocycles. The van der Waals surface area contributed by atoms with E-state index in [1.165, 1.54) is 0 Å². The topological polar surface area (TPSA) is 48.1 Å². The fraction of sp³-hybridized carbons (Fsp3) is 0.545. The van der Waals surface area contributed by atoms with Gasteiger partial charge < -0.3 is 10.5 Å². The van der Waals surface area contributed by atoms with E-state index in [1.54, 1.807) is 7.11 Å². The van der Waals surface area contributed by atoms with Crippen LogP contribution in [-0.2, 0) is 5.75 Å². The van der Waals surface area contributed by atoms with Crippen molar-refractivity contribution in [1.29, 1.82) is 0 Å². The van der Waals surface area contributed by atoms with Crippen LogP contribution >= 0.6 is 11.8 Å². The summed E-state index contributed by atoms with van der Waals surface area (Å²) < 4.78 is 5.06. The molecule has 0 amide bonds. The van der Waals surface area contributed by atoms with Gasteiger partial charge in [0.05, 0.1) is 12.8 Å². The van der Waals surface area contributed by atoms with Crippen molar-refractivity contribution in [3.8, 4) is 5.88 Å². The summed E-state index contributed by atoms with van der Waals surface area (Å²) >= 11 is 1.82. The molecule has 1 heterocycles. The summed E-state index contributed by atoms with van der Waals surface area (Å²) in [6.45, 7) is 2.11. The maximum Gasteiger partial charge on any atom is 0.213 e. The van der Waals surface area contributed by atoms with Gasteiger partial charge in [0.15, 0.2) is 0 Å². The quantitative estimate of drug-likeness (QED) is 0.806. The minimum atomic E-state index is 0.292. The van der Waals surface area contributed by atoms with Crippen LogP contribution in [0.3, 0.4) is 0 Å². The van der Waals surface area contributed by atoms with Crippen molar-refractivity contribution in [3.63, 3.8) is 0 Å². The summed E-state index contributed by atoms with van der Waals surface area (Å²) in [7, 11) is 1.63. The smallest absolute Gasteiger partial charge is 0.213 e. The van der Waals surface area contributed by atoms with Crippen LogP contribution in [0.25, 0.3) is 0 Å². The number of methoxy groups -OCH3 is 1. The lowest BCUT2D eigenvalue weighted by Crippen LogP contribution is -2.21. The largest absolute Gasteiger partial charge is 0.481 e. The molecule has 0 saturated carbocycles. The lowest BCUT2D eigenvalue weighted by molar-refractivity contribution is 0.397. The number of thioether (sulfide) groups is 1. The summed E-state index contributed by atoms with van der Waals surface area (Å²) in [6.07, 6.45) is 1.03. The Morgan fingerprint density at radius 3 is 3.00 bits per heavy atom. The van der Waals surface area contributed by atoms with Gasteiger partial charge in [0, 0.05) is 23.6 Å². The van der Waals surface area contributed by atoms with Crippen LogP contribution in [0.15, 0.2) is 18.2 Å². The molecule has 1 rings (SSSR count). The molecule has 4 heteroatoms. The van der Waals surface area contributed by atoms with E-state index in [-0.39, 0.29) is 0 Å². The highest BCUT2D eigenvalue weighted by atomic mass is 32.2. The maximum absolute atomic E-state index is 5.83. The lowest BCUT2D eigenvalue weighted by Gasteiger charge is -2.07. The molecule has 2 N–H and O–H groups in total. The average molecular weight is 226 g/mol. The van der Waals surface area contributed by atoms with Gasteiger partial charge in [-0.3, -0.25) is 0 Å². The fourth-order valence-electron chi connectivity index (χ4n) is 1.08. The SMILES string of the molecule is CCC(N)CSCc1cccc(OC)n1. The zero-order valence-corrected chi connectivity index (χ0v) is 10.1. The molecule has 0 spiro atoms. The second kappa shape index (κ2) is 6.69. The highest BCUT2D eigenvalue weighted by Crippen LogP contribution is 2.14. The normalized spacial score (nSPS) is 12.5. The van der Waals surface area contributed by atoms with Gasteiger partial charge in [0.1, 0.15) is 0 Å². The first-order chi connectivity index (χ1) is 7.26. The minimum absolute atomic E-state index is 0.292. The number of nitrogens with two attached hydrogens (primary N) is 1. The van der Waals surface area contributed by atoms with Gasteiger partial charge in [-0.1, -0.05) is 13.0 Å². The van der Waals surface area contributed by atoms with Crippen molar-refractivity contribution in [3.05, 3.63) is 23.9 Å². The van der Waals surface area contributed by atoms with E-state index in [9.17, 15) is 0 Å². The number of aromatic nitrogens is 1. The first kappa shape index (κ1) is 12.3. The maximum atomic E-state index is 5.83. The third kappa shape index (κ3) is 4.53. The lowest BCUT2D eigenvalue weighted by atomic mass is 10.3. The van der Waals surface area contributed by atoms with Crippen LogP contribution in [0.4, 0.5) is 0 Å². The number of pyridine rings is 1. The standard InChI is InChI=1S/C11H18N2OS/c1-3-9(12)7-15-8-10-5-4-6-11(13-10)14-2/h4-6,9H,3,7-8,12H2,1-2H3. The summed E-state index contributed by atoms with van der Waals surface area (Å²) in [5.41, 5.74) is 6.87. The van der Waals surface area contributed by atoms with E-state index in [0.29, 0.717) is 11.9 Å². The Labute approximate surface area is 95.4 Å². The number of rotatable bonds is 6. The summed E-state index contributed by atoms with van der Waals surface area (Å²) in [6, 6.07) is 6.11. The highest BCUT2D eigenvalue weighted by Gasteiger charge is 2.01. The van der Waals surface area contributed by atoms with Crippen LogP contribution in [0.1, 0.15) is 19.0 Å². The average Bonchev–Trinajstić information content (AvgIpc) is 2.29. The molecule has 1 atom stereocenters. The van der Waals surface area contributed by atoms with Gasteiger partial charge in [-0.15, -0.1) is 0 Å². The van der Waals surface area contributed by atoms with Crippen LogP contribution in [0.2, 0.25) is 0 Å². The summed E-state index contributed by atoms with van der Waals surface area (Å²) in [5, 5.41) is 0. The zero-order chi connectivity index (χ0) is 11.1. The third-order valence-corrected chi connectivity index (χ3v) is 3.26. The van der Waals surface area contributed by atoms with Crippen LogP contribution in [-0.4, -0.2) is 23.9 Å². The van der Waals surface area contributed by atoms with E-state index in [2.05, 4.69) is 11.9 Å². The molecule has 0 aliphatic heterocycles. The Bertz CT molecular complexity index is 294. The molecule has 0 radical (unpaired) electrons. The van der Waals surface area contributed by atoms with E-state index < -0.39 is 0 Å². The van der Waals surface area contributed by atoms with Crippen LogP contribution in [0, 0.1) is 0 Å². The first-order valence-corrected chi connectivity index (χ1v) is 6.25. The zero-order valence-electron chi connectivity index (χ0n) is 9.27. The second-order valence-corrected chi connectivity index (χ2v) is 4.38. The van der Waals surface area contributed by atoms with Gasteiger partial charge in [-0.25, -0.2) is 4.98 Å². The monoisotopic (exact) mass is 226 g/mol. The van der Waals surface area contributed by atoms with Crippen LogP contribution in [0.5, 0.6) is 5.88 Å². The van der Waals surface area contributed by atoms with Gasteiger partial charge in [0.2, 0.25) is 5.88 Å². The molecule has 15 heavy (non-hydrogen) atoms. The Morgan fingerprint density at radius 1 is 1.53 bits per heavy atom. The molecule has 0 aromatic carbocycles. The first-order valence-electron chi connectivity index (χ1n) is 5.09. The van der Waals surface area contributed by atoms with Crippen LogP contribution < -0.4 is 10.5 Å². The van der Waals surface area contributed by atoms with Gasteiger partial charge >= 0.3 is 0 Å². The van der Waals surface area contributed by atoms with E-state index in [4.69, 9.17) is 10.5 Å². The number of nitrogens with zero attached hydrogens (tertiary/aromatic N) is 1.